The average molecular weight is 463 g/mol. The van der Waals surface area contributed by atoms with E-state index < -0.39 is 16.1 Å². The molecule has 3 rings (SSSR count). The van der Waals surface area contributed by atoms with Gasteiger partial charge >= 0.3 is 0 Å². The van der Waals surface area contributed by atoms with Crippen LogP contribution in [0.25, 0.3) is 6.08 Å². The molecule has 0 saturated heterocycles. The summed E-state index contributed by atoms with van der Waals surface area (Å²) >= 11 is 0. The van der Waals surface area contributed by atoms with Gasteiger partial charge in [0.1, 0.15) is 20.4 Å². The maximum Gasteiger partial charge on any atom is 0.118 e. The van der Waals surface area contributed by atoms with Gasteiger partial charge in [0.2, 0.25) is 0 Å². The Morgan fingerprint density at radius 1 is 1.03 bits per heavy atom. The Morgan fingerprint density at radius 3 is 2.25 bits per heavy atom. The molecule has 1 aliphatic rings. The highest BCUT2D eigenvalue weighted by Gasteiger charge is 2.46. The monoisotopic (exact) mass is 462 g/mol. The van der Waals surface area contributed by atoms with Crippen molar-refractivity contribution >= 4 is 32.6 Å². The van der Waals surface area contributed by atoms with Crippen molar-refractivity contribution < 1.29 is 4.74 Å². The molecule has 3 heteroatoms. The number of aryl methyl sites for hydroxylation is 1. The molecular formula is C29H42OSi2. The molecule has 0 saturated carbocycles. The summed E-state index contributed by atoms with van der Waals surface area (Å²) in [5, 5.41) is 3.25. The minimum Gasteiger partial charge on any atom is -0.490 e. The molecule has 0 N–H and O–H groups in total. The van der Waals surface area contributed by atoms with Crippen molar-refractivity contribution in [1.82, 2.24) is 0 Å². The predicted molar refractivity (Wildman–Crippen MR) is 148 cm³/mol. The van der Waals surface area contributed by atoms with E-state index in [1.807, 2.05) is 6.08 Å². The summed E-state index contributed by atoms with van der Waals surface area (Å²) in [5.41, 5.74) is 4.77. The maximum absolute atomic E-state index is 6.64. The molecule has 1 atom stereocenters. The first-order valence-corrected chi connectivity index (χ1v) is 17.7. The molecule has 32 heavy (non-hydrogen) atoms. The molecule has 0 aliphatic heterocycles. The molecule has 172 valence electrons. The molecule has 0 bridgehead atoms. The summed E-state index contributed by atoms with van der Waals surface area (Å²) in [5.74, 6) is 1.19. The Balaban J connectivity index is 2.33. The lowest BCUT2D eigenvalue weighted by molar-refractivity contribution is 0.368. The van der Waals surface area contributed by atoms with E-state index in [0.29, 0.717) is 12.1 Å². The van der Waals surface area contributed by atoms with Crippen LogP contribution in [-0.4, -0.2) is 22.8 Å². The zero-order chi connectivity index (χ0) is 23.7. The lowest BCUT2D eigenvalue weighted by atomic mass is 10.1. The average Bonchev–Trinajstić information content (AvgIpc) is 3.18. The fourth-order valence-electron chi connectivity index (χ4n) is 5.28. The SMILES string of the molecule is C=CCOc1c([Si](CC)(CC)C2C=Cc3ccccc32)cc(C)cc1[Si](C)(C)C(C)(C)C. The number of fused-ring (bicyclic) bond motifs is 1. The van der Waals surface area contributed by atoms with Crippen LogP contribution in [0.4, 0.5) is 0 Å². The summed E-state index contributed by atoms with van der Waals surface area (Å²) in [6, 6.07) is 16.3. The van der Waals surface area contributed by atoms with Crippen molar-refractivity contribution in [3.8, 4) is 5.75 Å². The van der Waals surface area contributed by atoms with E-state index in [1.165, 1.54) is 44.9 Å². The third-order valence-electron chi connectivity index (χ3n) is 8.32. The normalized spacial score (nSPS) is 16.2. The number of hydrogen-bond donors (Lipinski definition) is 0. The molecule has 1 unspecified atom stereocenters. The summed E-state index contributed by atoms with van der Waals surface area (Å²) in [6.45, 7) is 23.9. The van der Waals surface area contributed by atoms with Gasteiger partial charge in [-0.15, -0.1) is 0 Å². The Morgan fingerprint density at radius 2 is 1.66 bits per heavy atom. The molecule has 1 aliphatic carbocycles. The Labute approximate surface area is 198 Å². The van der Waals surface area contributed by atoms with E-state index in [2.05, 4.69) is 110 Å². The van der Waals surface area contributed by atoms with Gasteiger partial charge in [-0.3, -0.25) is 0 Å². The van der Waals surface area contributed by atoms with E-state index in [1.54, 1.807) is 0 Å². The van der Waals surface area contributed by atoms with Gasteiger partial charge in [0.05, 0.1) is 8.07 Å². The number of allylic oxidation sites excluding steroid dienone is 1. The fourth-order valence-corrected chi connectivity index (χ4v) is 12.5. The largest absolute Gasteiger partial charge is 0.490 e. The lowest BCUT2D eigenvalue weighted by Gasteiger charge is -2.42. The molecule has 2 aromatic carbocycles. The summed E-state index contributed by atoms with van der Waals surface area (Å²) in [4.78, 5) is 0. The predicted octanol–water partition coefficient (Wildman–Crippen LogP) is 7.32. The molecule has 0 amide bonds. The molecule has 0 aromatic heterocycles. The topological polar surface area (TPSA) is 9.23 Å². The van der Waals surface area contributed by atoms with Crippen LogP contribution in [0.15, 0.2) is 55.1 Å². The Kier molecular flexibility index (Phi) is 7.12. The second-order valence-electron chi connectivity index (χ2n) is 11.0. The smallest absolute Gasteiger partial charge is 0.118 e. The van der Waals surface area contributed by atoms with Crippen molar-refractivity contribution in [2.45, 2.75) is 77.3 Å². The maximum atomic E-state index is 6.64. The highest BCUT2D eigenvalue weighted by molar-refractivity contribution is 6.96. The number of rotatable bonds is 8. The quantitative estimate of drug-likeness (QED) is 0.295. The summed E-state index contributed by atoms with van der Waals surface area (Å²) in [6.07, 6.45) is 6.74. The van der Waals surface area contributed by atoms with Crippen LogP contribution in [0.2, 0.25) is 30.2 Å². The van der Waals surface area contributed by atoms with Crippen LogP contribution in [0.3, 0.4) is 0 Å². The van der Waals surface area contributed by atoms with Crippen LogP contribution < -0.4 is 15.1 Å². The van der Waals surface area contributed by atoms with Crippen molar-refractivity contribution in [3.63, 3.8) is 0 Å². The minimum atomic E-state index is -1.96. The zero-order valence-corrected chi connectivity index (χ0v) is 23.5. The summed E-state index contributed by atoms with van der Waals surface area (Å²) in [7, 11) is -3.77. The van der Waals surface area contributed by atoms with Gasteiger partial charge < -0.3 is 4.74 Å². The molecular weight excluding hydrogens is 420 g/mol. The highest BCUT2D eigenvalue weighted by Crippen LogP contribution is 2.43. The second kappa shape index (κ2) is 9.19. The van der Waals surface area contributed by atoms with Crippen LogP contribution in [0, 0.1) is 6.92 Å². The van der Waals surface area contributed by atoms with Crippen molar-refractivity contribution in [3.05, 3.63) is 71.8 Å². The zero-order valence-electron chi connectivity index (χ0n) is 21.5. The first-order chi connectivity index (χ1) is 15.0. The molecule has 0 heterocycles. The molecule has 0 fully saturated rings. The van der Waals surface area contributed by atoms with Gasteiger partial charge in [-0.25, -0.2) is 0 Å². The van der Waals surface area contributed by atoms with Gasteiger partial charge in [0, 0.05) is 5.54 Å². The van der Waals surface area contributed by atoms with E-state index in [9.17, 15) is 0 Å². The van der Waals surface area contributed by atoms with E-state index in [4.69, 9.17) is 4.74 Å². The Hall–Kier alpha value is -1.85. The third kappa shape index (κ3) is 4.10. The first kappa shape index (κ1) is 24.8. The van der Waals surface area contributed by atoms with Crippen molar-refractivity contribution in [2.75, 3.05) is 6.61 Å². The van der Waals surface area contributed by atoms with Gasteiger partial charge in [-0.2, -0.15) is 0 Å². The second-order valence-corrected chi connectivity index (χ2v) is 21.2. The minimum absolute atomic E-state index is 0.243. The van der Waals surface area contributed by atoms with Crippen LogP contribution in [0.5, 0.6) is 5.75 Å². The van der Waals surface area contributed by atoms with Gasteiger partial charge in [0.15, 0.2) is 0 Å². The number of ether oxygens (including phenoxy) is 1. The van der Waals surface area contributed by atoms with Crippen molar-refractivity contribution in [2.24, 2.45) is 0 Å². The van der Waals surface area contributed by atoms with Gasteiger partial charge in [-0.1, -0.05) is 127 Å². The van der Waals surface area contributed by atoms with Crippen LogP contribution in [-0.2, 0) is 0 Å². The van der Waals surface area contributed by atoms with E-state index in [0.717, 1.165) is 0 Å². The fraction of sp³-hybridized carbons (Fsp3) is 0.448. The van der Waals surface area contributed by atoms with Crippen molar-refractivity contribution in [1.29, 1.82) is 0 Å². The first-order valence-electron chi connectivity index (χ1n) is 12.2. The molecule has 2 aromatic rings. The summed E-state index contributed by atoms with van der Waals surface area (Å²) < 4.78 is 6.64. The number of benzene rings is 2. The number of hydrogen-bond acceptors (Lipinski definition) is 1. The van der Waals surface area contributed by atoms with Crippen LogP contribution in [0.1, 0.15) is 56.9 Å². The lowest BCUT2D eigenvalue weighted by Crippen LogP contribution is -2.57. The van der Waals surface area contributed by atoms with E-state index in [-0.39, 0.29) is 5.04 Å². The standard InChI is InChI=1S/C29H42OSi2/c1-10-19-30-28-26(31(8,9)29(5,6)7)20-22(4)21-27(28)32(11-2,12-3)25-18-17-23-15-13-14-16-24(23)25/h10,13-18,20-21,25H,1,11-12,19H2,2-9H3. The Bertz CT molecular complexity index is 1010. The van der Waals surface area contributed by atoms with Gasteiger partial charge in [-0.05, 0) is 33.5 Å². The molecule has 0 radical (unpaired) electrons. The van der Waals surface area contributed by atoms with Crippen LogP contribution >= 0.6 is 0 Å². The van der Waals surface area contributed by atoms with Gasteiger partial charge in [0.25, 0.3) is 0 Å². The molecule has 1 nitrogen and oxygen atoms in total. The van der Waals surface area contributed by atoms with E-state index >= 15 is 0 Å². The molecule has 0 spiro atoms. The highest BCUT2D eigenvalue weighted by atomic mass is 28.3. The third-order valence-corrected chi connectivity index (χ3v) is 19.4.